The molecule has 0 aromatic carbocycles. The summed E-state index contributed by atoms with van der Waals surface area (Å²) in [5.41, 5.74) is 0.853. The van der Waals surface area contributed by atoms with Crippen LogP contribution < -0.4 is 5.32 Å². The predicted octanol–water partition coefficient (Wildman–Crippen LogP) is 1.69. The van der Waals surface area contributed by atoms with Crippen molar-refractivity contribution in [3.05, 3.63) is 30.1 Å². The van der Waals surface area contributed by atoms with Crippen LogP contribution in [0.3, 0.4) is 0 Å². The van der Waals surface area contributed by atoms with Crippen molar-refractivity contribution in [3.63, 3.8) is 0 Å². The normalized spacial score (nSPS) is 12.1. The Hall–Kier alpha value is -1.42. The number of nitrogens with zero attached hydrogens (tertiary/aromatic N) is 1. The molecule has 1 N–H and O–H groups in total. The van der Waals surface area contributed by atoms with E-state index in [1.54, 1.807) is 6.20 Å². The van der Waals surface area contributed by atoms with Gasteiger partial charge >= 0.3 is 0 Å². The Labute approximate surface area is 96.0 Å². The van der Waals surface area contributed by atoms with Gasteiger partial charge in [0.25, 0.3) is 0 Å². The van der Waals surface area contributed by atoms with E-state index in [-0.39, 0.29) is 18.6 Å². The molecule has 0 aliphatic carbocycles. The monoisotopic (exact) mass is 222 g/mol. The average Bonchev–Trinajstić information content (AvgIpc) is 2.30. The average molecular weight is 222 g/mol. The molecule has 4 nitrogen and oxygen atoms in total. The van der Waals surface area contributed by atoms with Gasteiger partial charge in [-0.3, -0.25) is 9.78 Å². The number of rotatable bonds is 6. The third-order valence-corrected chi connectivity index (χ3v) is 2.09. The van der Waals surface area contributed by atoms with Crippen LogP contribution in [0.1, 0.15) is 32.0 Å². The molecule has 0 aliphatic rings. The van der Waals surface area contributed by atoms with E-state index in [1.807, 2.05) is 32.0 Å². The second kappa shape index (κ2) is 6.95. The summed E-state index contributed by atoms with van der Waals surface area (Å²) in [4.78, 5) is 15.6. The maximum absolute atomic E-state index is 11.4. The van der Waals surface area contributed by atoms with Gasteiger partial charge in [0, 0.05) is 12.8 Å². The van der Waals surface area contributed by atoms with E-state index in [2.05, 4.69) is 10.3 Å². The molecule has 1 amide bonds. The van der Waals surface area contributed by atoms with Crippen LogP contribution in [0.4, 0.5) is 0 Å². The van der Waals surface area contributed by atoms with Crippen LogP contribution in [0.25, 0.3) is 0 Å². The van der Waals surface area contributed by atoms with Crippen molar-refractivity contribution >= 4 is 5.91 Å². The number of aromatic nitrogens is 1. The first-order valence-electron chi connectivity index (χ1n) is 5.52. The minimum Gasteiger partial charge on any atom is -0.372 e. The third kappa shape index (κ3) is 4.40. The molecule has 16 heavy (non-hydrogen) atoms. The highest BCUT2D eigenvalue weighted by molar-refractivity contribution is 5.77. The van der Waals surface area contributed by atoms with E-state index in [1.165, 1.54) is 0 Å². The Balaban J connectivity index is 2.34. The molecule has 1 heterocycles. The summed E-state index contributed by atoms with van der Waals surface area (Å²) >= 11 is 0. The lowest BCUT2D eigenvalue weighted by Crippen LogP contribution is -2.30. The van der Waals surface area contributed by atoms with Crippen LogP contribution in [0, 0.1) is 0 Å². The van der Waals surface area contributed by atoms with Gasteiger partial charge in [-0.1, -0.05) is 13.0 Å². The molecule has 0 saturated carbocycles. The fraction of sp³-hybridized carbons (Fsp3) is 0.500. The fourth-order valence-electron chi connectivity index (χ4n) is 1.30. The van der Waals surface area contributed by atoms with Gasteiger partial charge < -0.3 is 10.1 Å². The summed E-state index contributed by atoms with van der Waals surface area (Å²) in [5.74, 6) is -0.105. The molecule has 0 bridgehead atoms. The van der Waals surface area contributed by atoms with Gasteiger partial charge in [0.1, 0.15) is 6.61 Å². The lowest BCUT2D eigenvalue weighted by Gasteiger charge is -2.13. The second-order valence-corrected chi connectivity index (χ2v) is 3.60. The molecule has 0 unspecified atom stereocenters. The first kappa shape index (κ1) is 12.6. The van der Waals surface area contributed by atoms with Crippen molar-refractivity contribution < 1.29 is 9.53 Å². The largest absolute Gasteiger partial charge is 0.372 e. The molecule has 1 aromatic rings. The van der Waals surface area contributed by atoms with Crippen LogP contribution in [0.5, 0.6) is 0 Å². The highest BCUT2D eigenvalue weighted by Gasteiger charge is 2.09. The quantitative estimate of drug-likeness (QED) is 0.745. The number of nitrogens with one attached hydrogen (secondary N) is 1. The molecule has 1 rings (SSSR count). The van der Waals surface area contributed by atoms with Crippen LogP contribution in [0.15, 0.2) is 24.4 Å². The highest BCUT2D eigenvalue weighted by atomic mass is 16.5. The summed E-state index contributed by atoms with van der Waals surface area (Å²) in [6, 6.07) is 5.55. The molecule has 88 valence electrons. The van der Waals surface area contributed by atoms with Gasteiger partial charge in [0.05, 0.1) is 11.7 Å². The Bertz CT molecular complexity index is 314. The van der Waals surface area contributed by atoms with Crippen LogP contribution in [0.2, 0.25) is 0 Å². The minimum absolute atomic E-state index is 0.0843. The van der Waals surface area contributed by atoms with Crippen molar-refractivity contribution in [1.29, 1.82) is 0 Å². The molecular formula is C12H18N2O2. The maximum Gasteiger partial charge on any atom is 0.246 e. The number of amides is 1. The zero-order chi connectivity index (χ0) is 11.8. The summed E-state index contributed by atoms with van der Waals surface area (Å²) in [6.07, 6.45) is 2.63. The molecule has 0 aliphatic heterocycles. The summed E-state index contributed by atoms with van der Waals surface area (Å²) in [5, 5.41) is 2.83. The fourth-order valence-corrected chi connectivity index (χ4v) is 1.30. The Kier molecular flexibility index (Phi) is 5.50. The van der Waals surface area contributed by atoms with Crippen LogP contribution >= 0.6 is 0 Å². The predicted molar refractivity (Wildman–Crippen MR) is 61.9 cm³/mol. The summed E-state index contributed by atoms with van der Waals surface area (Å²) in [7, 11) is 0. The molecule has 0 saturated heterocycles. The SMILES string of the molecule is CCCOCC(=O)N[C@H](C)c1ccccn1. The van der Waals surface area contributed by atoms with Gasteiger partial charge in [0.15, 0.2) is 0 Å². The highest BCUT2D eigenvalue weighted by Crippen LogP contribution is 2.07. The summed E-state index contributed by atoms with van der Waals surface area (Å²) < 4.78 is 5.15. The molecule has 4 heteroatoms. The topological polar surface area (TPSA) is 51.2 Å². The van der Waals surface area contributed by atoms with E-state index in [0.29, 0.717) is 6.61 Å². The number of ether oxygens (including phenoxy) is 1. The molecular weight excluding hydrogens is 204 g/mol. The van der Waals surface area contributed by atoms with E-state index in [0.717, 1.165) is 12.1 Å². The van der Waals surface area contributed by atoms with Crippen molar-refractivity contribution in [2.45, 2.75) is 26.3 Å². The smallest absolute Gasteiger partial charge is 0.246 e. The van der Waals surface area contributed by atoms with Crippen molar-refractivity contribution in [2.75, 3.05) is 13.2 Å². The Morgan fingerprint density at radius 3 is 3.00 bits per heavy atom. The zero-order valence-corrected chi connectivity index (χ0v) is 9.77. The number of hydrogen-bond donors (Lipinski definition) is 1. The Morgan fingerprint density at radius 1 is 1.56 bits per heavy atom. The van der Waals surface area contributed by atoms with Gasteiger partial charge in [-0.15, -0.1) is 0 Å². The molecule has 0 radical (unpaired) electrons. The second-order valence-electron chi connectivity index (χ2n) is 3.60. The number of hydrogen-bond acceptors (Lipinski definition) is 3. The Morgan fingerprint density at radius 2 is 2.38 bits per heavy atom. The van der Waals surface area contributed by atoms with Crippen molar-refractivity contribution in [2.24, 2.45) is 0 Å². The maximum atomic E-state index is 11.4. The first-order valence-corrected chi connectivity index (χ1v) is 5.52. The van der Waals surface area contributed by atoms with E-state index in [4.69, 9.17) is 4.74 Å². The van der Waals surface area contributed by atoms with Gasteiger partial charge in [-0.05, 0) is 25.5 Å². The summed E-state index contributed by atoms with van der Waals surface area (Å²) in [6.45, 7) is 4.64. The standard InChI is InChI=1S/C12H18N2O2/c1-3-8-16-9-12(15)14-10(2)11-6-4-5-7-13-11/h4-7,10H,3,8-9H2,1-2H3,(H,14,15)/t10-/m1/s1. The lowest BCUT2D eigenvalue weighted by molar-refractivity contribution is -0.126. The van der Waals surface area contributed by atoms with Gasteiger partial charge in [-0.25, -0.2) is 0 Å². The van der Waals surface area contributed by atoms with E-state index < -0.39 is 0 Å². The lowest BCUT2D eigenvalue weighted by atomic mass is 10.2. The molecule has 0 spiro atoms. The molecule has 1 atom stereocenters. The van der Waals surface area contributed by atoms with E-state index in [9.17, 15) is 4.79 Å². The van der Waals surface area contributed by atoms with Crippen molar-refractivity contribution in [1.82, 2.24) is 10.3 Å². The molecule has 0 fully saturated rings. The number of carbonyl (C=O) groups excluding carboxylic acids is 1. The molecule has 1 aromatic heterocycles. The van der Waals surface area contributed by atoms with Crippen LogP contribution in [-0.4, -0.2) is 24.1 Å². The third-order valence-electron chi connectivity index (χ3n) is 2.09. The van der Waals surface area contributed by atoms with E-state index >= 15 is 0 Å². The van der Waals surface area contributed by atoms with Gasteiger partial charge in [-0.2, -0.15) is 0 Å². The van der Waals surface area contributed by atoms with Gasteiger partial charge in [0.2, 0.25) is 5.91 Å². The number of carbonyl (C=O) groups is 1. The van der Waals surface area contributed by atoms with Crippen LogP contribution in [-0.2, 0) is 9.53 Å². The minimum atomic E-state index is -0.105. The van der Waals surface area contributed by atoms with Crippen molar-refractivity contribution in [3.8, 4) is 0 Å². The zero-order valence-electron chi connectivity index (χ0n) is 9.77. The first-order chi connectivity index (χ1) is 7.74. The number of pyridine rings is 1.